The number of nitrogens with zero attached hydrogens (tertiary/aromatic N) is 1. The summed E-state index contributed by atoms with van der Waals surface area (Å²) in [5.74, 6) is -0.925. The maximum Gasteiger partial charge on any atom is 0.347 e. The van der Waals surface area contributed by atoms with Gasteiger partial charge in [0.25, 0.3) is 0 Å². The molecule has 1 aromatic heterocycles. The molecule has 2 N–H and O–H groups in total. The molecular weight excluding hydrogens is 188 g/mol. The van der Waals surface area contributed by atoms with Crippen LogP contribution in [0.25, 0.3) is 6.08 Å². The molecule has 0 saturated heterocycles. The molecule has 0 bridgehead atoms. The molecule has 0 atom stereocenters. The van der Waals surface area contributed by atoms with Gasteiger partial charge in [0.05, 0.1) is 6.20 Å². The number of rotatable bonds is 4. The summed E-state index contributed by atoms with van der Waals surface area (Å²) < 4.78 is 0. The summed E-state index contributed by atoms with van der Waals surface area (Å²) in [5, 5.41) is 12.3. The summed E-state index contributed by atoms with van der Waals surface area (Å²) in [6.07, 6.45) is 5.06. The van der Waals surface area contributed by atoms with Crippen molar-refractivity contribution < 1.29 is 9.90 Å². The largest absolute Gasteiger partial charge is 0.477 e. The molecule has 4 nitrogen and oxygen atoms in total. The molecule has 0 aliphatic rings. The lowest BCUT2D eigenvalue weighted by atomic mass is 10.5. The van der Waals surface area contributed by atoms with E-state index in [1.807, 2.05) is 13.1 Å². The molecule has 0 aliphatic carbocycles. The first-order chi connectivity index (χ1) is 6.24. The van der Waals surface area contributed by atoms with E-state index in [9.17, 15) is 4.79 Å². The van der Waals surface area contributed by atoms with Crippen LogP contribution < -0.4 is 5.32 Å². The van der Waals surface area contributed by atoms with Crippen molar-refractivity contribution in [3.63, 3.8) is 0 Å². The lowest BCUT2D eigenvalue weighted by molar-refractivity contribution is 0.0702. The molecule has 1 rings (SSSR count). The van der Waals surface area contributed by atoms with Crippen molar-refractivity contribution in [2.24, 2.45) is 0 Å². The van der Waals surface area contributed by atoms with Crippen LogP contribution in [-0.2, 0) is 0 Å². The van der Waals surface area contributed by atoms with Gasteiger partial charge in [-0.25, -0.2) is 9.78 Å². The van der Waals surface area contributed by atoms with Gasteiger partial charge in [0.2, 0.25) is 0 Å². The highest BCUT2D eigenvalue weighted by Gasteiger charge is 2.05. The third kappa shape index (κ3) is 2.96. The number of carboxylic acids is 1. The average molecular weight is 198 g/mol. The fourth-order valence-corrected chi connectivity index (χ4v) is 1.43. The highest BCUT2D eigenvalue weighted by molar-refractivity contribution is 7.14. The van der Waals surface area contributed by atoms with Gasteiger partial charge in [-0.2, -0.15) is 0 Å². The molecule has 0 amide bonds. The minimum atomic E-state index is -0.925. The van der Waals surface area contributed by atoms with Gasteiger partial charge in [0.1, 0.15) is 9.88 Å². The van der Waals surface area contributed by atoms with E-state index in [4.69, 9.17) is 5.11 Å². The molecule has 70 valence electrons. The van der Waals surface area contributed by atoms with Crippen molar-refractivity contribution in [2.45, 2.75) is 0 Å². The van der Waals surface area contributed by atoms with Crippen molar-refractivity contribution >= 4 is 23.4 Å². The summed E-state index contributed by atoms with van der Waals surface area (Å²) >= 11 is 1.17. The van der Waals surface area contributed by atoms with E-state index >= 15 is 0 Å². The van der Waals surface area contributed by atoms with Crippen LogP contribution in [0.1, 0.15) is 14.7 Å². The van der Waals surface area contributed by atoms with Crippen LogP contribution in [0.5, 0.6) is 0 Å². The van der Waals surface area contributed by atoms with Crippen molar-refractivity contribution in [3.8, 4) is 0 Å². The van der Waals surface area contributed by atoms with Crippen LogP contribution in [0, 0.1) is 0 Å². The van der Waals surface area contributed by atoms with E-state index in [1.165, 1.54) is 17.5 Å². The normalized spacial score (nSPS) is 10.8. The second kappa shape index (κ2) is 4.74. The number of thiazole rings is 1. The van der Waals surface area contributed by atoms with Gasteiger partial charge in [-0.1, -0.05) is 6.08 Å². The van der Waals surface area contributed by atoms with Crippen molar-refractivity contribution in [2.75, 3.05) is 13.6 Å². The second-order valence-electron chi connectivity index (χ2n) is 2.33. The SMILES string of the molecule is CNCC=Cc1ncc(C(=O)O)s1. The van der Waals surface area contributed by atoms with Crippen LogP contribution >= 0.6 is 11.3 Å². The van der Waals surface area contributed by atoms with Gasteiger partial charge in [-0.3, -0.25) is 0 Å². The molecule has 1 aromatic rings. The Bertz CT molecular complexity index is 320. The number of aromatic carboxylic acids is 1. The highest BCUT2D eigenvalue weighted by atomic mass is 32.1. The number of likely N-dealkylation sites (N-methyl/N-ethyl adjacent to an activating group) is 1. The lowest BCUT2D eigenvalue weighted by Crippen LogP contribution is -2.03. The Morgan fingerprint density at radius 1 is 1.85 bits per heavy atom. The molecule has 1 heterocycles. The Balaban J connectivity index is 2.64. The molecule has 0 unspecified atom stereocenters. The Morgan fingerprint density at radius 2 is 2.62 bits per heavy atom. The van der Waals surface area contributed by atoms with Crippen LogP contribution in [0.3, 0.4) is 0 Å². The van der Waals surface area contributed by atoms with Crippen LogP contribution in [0.15, 0.2) is 12.3 Å². The minimum Gasteiger partial charge on any atom is -0.477 e. The fraction of sp³-hybridized carbons (Fsp3) is 0.250. The van der Waals surface area contributed by atoms with Crippen LogP contribution in [0.4, 0.5) is 0 Å². The van der Waals surface area contributed by atoms with Gasteiger partial charge in [0, 0.05) is 6.54 Å². The summed E-state index contributed by atoms with van der Waals surface area (Å²) in [7, 11) is 1.84. The second-order valence-corrected chi connectivity index (χ2v) is 3.39. The van der Waals surface area contributed by atoms with Gasteiger partial charge >= 0.3 is 5.97 Å². The van der Waals surface area contributed by atoms with E-state index in [0.29, 0.717) is 5.01 Å². The molecule has 0 saturated carbocycles. The maximum absolute atomic E-state index is 10.5. The number of carboxylic acid groups (broad SMARTS) is 1. The van der Waals surface area contributed by atoms with Crippen molar-refractivity contribution in [1.82, 2.24) is 10.3 Å². The monoisotopic (exact) mass is 198 g/mol. The number of carbonyl (C=O) groups is 1. The first kappa shape index (κ1) is 9.88. The molecule has 0 aromatic carbocycles. The smallest absolute Gasteiger partial charge is 0.347 e. The number of nitrogens with one attached hydrogen (secondary N) is 1. The maximum atomic E-state index is 10.5. The van der Waals surface area contributed by atoms with Crippen LogP contribution in [-0.4, -0.2) is 29.7 Å². The summed E-state index contributed by atoms with van der Waals surface area (Å²) in [6.45, 7) is 0.752. The Kier molecular flexibility index (Phi) is 3.60. The summed E-state index contributed by atoms with van der Waals surface area (Å²) in [4.78, 5) is 14.7. The molecule has 0 fully saturated rings. The van der Waals surface area contributed by atoms with E-state index in [2.05, 4.69) is 10.3 Å². The van der Waals surface area contributed by atoms with Crippen molar-refractivity contribution in [3.05, 3.63) is 22.2 Å². The van der Waals surface area contributed by atoms with E-state index in [0.717, 1.165) is 6.54 Å². The van der Waals surface area contributed by atoms with E-state index < -0.39 is 5.97 Å². The molecule has 5 heteroatoms. The minimum absolute atomic E-state index is 0.268. The predicted molar refractivity (Wildman–Crippen MR) is 52.0 cm³/mol. The van der Waals surface area contributed by atoms with Crippen LogP contribution in [0.2, 0.25) is 0 Å². The Morgan fingerprint density at radius 3 is 3.15 bits per heavy atom. The zero-order chi connectivity index (χ0) is 9.68. The predicted octanol–water partition coefficient (Wildman–Crippen LogP) is 1.07. The van der Waals surface area contributed by atoms with Gasteiger partial charge in [0.15, 0.2) is 0 Å². The molecule has 13 heavy (non-hydrogen) atoms. The first-order valence-electron chi connectivity index (χ1n) is 3.74. The number of hydrogen-bond donors (Lipinski definition) is 2. The lowest BCUT2D eigenvalue weighted by Gasteiger charge is -1.85. The van der Waals surface area contributed by atoms with Gasteiger partial charge in [-0.15, -0.1) is 11.3 Å². The highest BCUT2D eigenvalue weighted by Crippen LogP contribution is 2.13. The zero-order valence-corrected chi connectivity index (χ0v) is 7.97. The Labute approximate surface area is 79.9 Å². The number of hydrogen-bond acceptors (Lipinski definition) is 4. The quantitative estimate of drug-likeness (QED) is 0.759. The Hall–Kier alpha value is -1.20. The third-order valence-electron chi connectivity index (χ3n) is 1.32. The molecule has 0 radical (unpaired) electrons. The van der Waals surface area contributed by atoms with E-state index in [1.54, 1.807) is 6.08 Å². The van der Waals surface area contributed by atoms with Gasteiger partial charge in [-0.05, 0) is 13.1 Å². The van der Waals surface area contributed by atoms with Crippen molar-refractivity contribution in [1.29, 1.82) is 0 Å². The standard InChI is InChI=1S/C8H10N2O2S/c1-9-4-2-3-7-10-5-6(13-7)8(11)12/h2-3,5,9H,4H2,1H3,(H,11,12). The third-order valence-corrected chi connectivity index (χ3v) is 2.27. The van der Waals surface area contributed by atoms with Gasteiger partial charge < -0.3 is 10.4 Å². The topological polar surface area (TPSA) is 62.2 Å². The molecule has 0 aliphatic heterocycles. The number of aromatic nitrogens is 1. The summed E-state index contributed by atoms with van der Waals surface area (Å²) in [5.41, 5.74) is 0. The zero-order valence-electron chi connectivity index (χ0n) is 7.15. The molecule has 0 spiro atoms. The van der Waals surface area contributed by atoms with E-state index in [-0.39, 0.29) is 4.88 Å². The average Bonchev–Trinajstić information content (AvgIpc) is 2.53. The summed E-state index contributed by atoms with van der Waals surface area (Å²) in [6, 6.07) is 0. The first-order valence-corrected chi connectivity index (χ1v) is 4.56. The molecular formula is C8H10N2O2S. The fourth-order valence-electron chi connectivity index (χ4n) is 0.741.